The van der Waals surface area contributed by atoms with Crippen LogP contribution in [0.15, 0.2) is 10.9 Å². The van der Waals surface area contributed by atoms with Crippen LogP contribution in [0.1, 0.15) is 11.5 Å². The Morgan fingerprint density at radius 1 is 1.41 bits per heavy atom. The molecule has 0 aromatic carbocycles. The monoisotopic (exact) mass is 234 g/mol. The van der Waals surface area contributed by atoms with Gasteiger partial charge in [0.15, 0.2) is 0 Å². The zero-order chi connectivity index (χ0) is 12.6. The van der Waals surface area contributed by atoms with Crippen molar-refractivity contribution in [3.8, 4) is 0 Å². The van der Waals surface area contributed by atoms with Crippen molar-refractivity contribution in [1.82, 2.24) is 19.4 Å². The van der Waals surface area contributed by atoms with Gasteiger partial charge in [-0.3, -0.25) is 9.36 Å². The second-order valence-electron chi connectivity index (χ2n) is 4.63. The molecule has 0 spiro atoms. The molecular weight excluding hydrogens is 216 g/mol. The Bertz CT molecular complexity index is 594. The molecule has 92 valence electrons. The predicted molar refractivity (Wildman–Crippen MR) is 68.4 cm³/mol. The van der Waals surface area contributed by atoms with Gasteiger partial charge in [0.1, 0.15) is 11.5 Å². The van der Waals surface area contributed by atoms with Crippen LogP contribution in [0.3, 0.4) is 0 Å². The summed E-state index contributed by atoms with van der Waals surface area (Å²) < 4.78 is 1.73. The van der Waals surface area contributed by atoms with Gasteiger partial charge in [0.05, 0.1) is 5.39 Å². The van der Waals surface area contributed by atoms with Crippen LogP contribution in [-0.2, 0) is 6.54 Å². The quantitative estimate of drug-likeness (QED) is 0.858. The highest BCUT2D eigenvalue weighted by molar-refractivity contribution is 5.75. The lowest BCUT2D eigenvalue weighted by atomic mass is 10.3. The number of rotatable bonds is 3. The van der Waals surface area contributed by atoms with Gasteiger partial charge in [0, 0.05) is 18.8 Å². The molecule has 1 N–H and O–H groups in total. The zero-order valence-electron chi connectivity index (χ0n) is 10.7. The molecule has 0 aliphatic rings. The molecule has 0 saturated carbocycles. The average Bonchev–Trinajstić information content (AvgIpc) is 2.58. The van der Waals surface area contributed by atoms with Crippen LogP contribution in [-0.4, -0.2) is 40.1 Å². The standard InChI is InChI=1S/C12H18N4O/c1-8-7-10-11(13-8)14-9(2)16(12(10)17)6-5-15(3)4/h7,13H,5-6H2,1-4H3. The molecule has 2 aromatic rings. The average molecular weight is 234 g/mol. The molecule has 0 aliphatic heterocycles. The van der Waals surface area contributed by atoms with E-state index in [9.17, 15) is 4.79 Å². The fourth-order valence-electron chi connectivity index (χ4n) is 1.90. The lowest BCUT2D eigenvalue weighted by Crippen LogP contribution is -2.28. The van der Waals surface area contributed by atoms with E-state index in [-0.39, 0.29) is 5.56 Å². The van der Waals surface area contributed by atoms with Gasteiger partial charge in [0.25, 0.3) is 5.56 Å². The normalized spacial score (nSPS) is 11.6. The van der Waals surface area contributed by atoms with E-state index < -0.39 is 0 Å². The zero-order valence-corrected chi connectivity index (χ0v) is 10.7. The fourth-order valence-corrected chi connectivity index (χ4v) is 1.90. The molecule has 0 bridgehead atoms. The Morgan fingerprint density at radius 2 is 2.12 bits per heavy atom. The molecule has 0 unspecified atom stereocenters. The summed E-state index contributed by atoms with van der Waals surface area (Å²) in [6.07, 6.45) is 0. The molecule has 0 aliphatic carbocycles. The van der Waals surface area contributed by atoms with E-state index in [1.807, 2.05) is 34.0 Å². The first-order chi connectivity index (χ1) is 7.99. The van der Waals surface area contributed by atoms with Crippen molar-refractivity contribution in [2.24, 2.45) is 0 Å². The molecule has 2 rings (SSSR count). The summed E-state index contributed by atoms with van der Waals surface area (Å²) in [6, 6.07) is 1.86. The number of H-pyrrole nitrogens is 1. The van der Waals surface area contributed by atoms with E-state index in [1.54, 1.807) is 4.57 Å². The molecule has 0 atom stereocenters. The van der Waals surface area contributed by atoms with Gasteiger partial charge in [-0.1, -0.05) is 0 Å². The van der Waals surface area contributed by atoms with E-state index in [1.165, 1.54) is 0 Å². The topological polar surface area (TPSA) is 53.9 Å². The molecule has 0 radical (unpaired) electrons. The van der Waals surface area contributed by atoms with Crippen LogP contribution in [0, 0.1) is 13.8 Å². The third-order valence-corrected chi connectivity index (χ3v) is 2.84. The largest absolute Gasteiger partial charge is 0.343 e. The summed E-state index contributed by atoms with van der Waals surface area (Å²) >= 11 is 0. The number of hydrogen-bond acceptors (Lipinski definition) is 3. The van der Waals surface area contributed by atoms with Gasteiger partial charge in [-0.05, 0) is 34.0 Å². The van der Waals surface area contributed by atoms with E-state index in [0.717, 1.165) is 18.1 Å². The van der Waals surface area contributed by atoms with E-state index >= 15 is 0 Å². The number of aromatic amines is 1. The van der Waals surface area contributed by atoms with E-state index in [0.29, 0.717) is 17.6 Å². The van der Waals surface area contributed by atoms with Crippen LogP contribution in [0.4, 0.5) is 0 Å². The summed E-state index contributed by atoms with van der Waals surface area (Å²) in [7, 11) is 3.99. The highest BCUT2D eigenvalue weighted by Gasteiger charge is 2.09. The molecule has 5 heteroatoms. The first-order valence-electron chi connectivity index (χ1n) is 5.70. The second kappa shape index (κ2) is 4.33. The summed E-state index contributed by atoms with van der Waals surface area (Å²) in [6.45, 7) is 5.30. The van der Waals surface area contributed by atoms with E-state index in [2.05, 4.69) is 14.9 Å². The van der Waals surface area contributed by atoms with E-state index in [4.69, 9.17) is 0 Å². The molecule has 0 saturated heterocycles. The predicted octanol–water partition coefficient (Wildman–Crippen LogP) is 0.903. The third-order valence-electron chi connectivity index (χ3n) is 2.84. The van der Waals surface area contributed by atoms with Crippen LogP contribution < -0.4 is 5.56 Å². The third kappa shape index (κ3) is 2.24. The molecular formula is C12H18N4O. The molecule has 17 heavy (non-hydrogen) atoms. The molecule has 2 heterocycles. The van der Waals surface area contributed by atoms with Crippen LogP contribution in [0.25, 0.3) is 11.0 Å². The molecule has 2 aromatic heterocycles. The summed E-state index contributed by atoms with van der Waals surface area (Å²) in [5.74, 6) is 0.756. The number of aromatic nitrogens is 3. The minimum Gasteiger partial charge on any atom is -0.343 e. The van der Waals surface area contributed by atoms with Gasteiger partial charge < -0.3 is 9.88 Å². The fraction of sp³-hybridized carbons (Fsp3) is 0.500. The van der Waals surface area contributed by atoms with Crippen molar-refractivity contribution in [1.29, 1.82) is 0 Å². The number of fused-ring (bicyclic) bond motifs is 1. The number of hydrogen-bond donors (Lipinski definition) is 1. The van der Waals surface area contributed by atoms with Crippen molar-refractivity contribution in [3.63, 3.8) is 0 Å². The van der Waals surface area contributed by atoms with Gasteiger partial charge in [-0.15, -0.1) is 0 Å². The van der Waals surface area contributed by atoms with Crippen molar-refractivity contribution >= 4 is 11.0 Å². The minimum absolute atomic E-state index is 0.0405. The van der Waals surface area contributed by atoms with Gasteiger partial charge in [-0.2, -0.15) is 0 Å². The molecule has 0 amide bonds. The van der Waals surface area contributed by atoms with Crippen molar-refractivity contribution in [3.05, 3.63) is 27.9 Å². The Kier molecular flexibility index (Phi) is 3.02. The maximum Gasteiger partial charge on any atom is 0.263 e. The Hall–Kier alpha value is -1.62. The highest BCUT2D eigenvalue weighted by Crippen LogP contribution is 2.08. The van der Waals surface area contributed by atoms with Gasteiger partial charge >= 0.3 is 0 Å². The lowest BCUT2D eigenvalue weighted by Gasteiger charge is -2.13. The Balaban J connectivity index is 2.51. The number of nitrogens with one attached hydrogen (secondary N) is 1. The number of likely N-dealkylation sites (N-methyl/N-ethyl adjacent to an activating group) is 1. The smallest absolute Gasteiger partial charge is 0.263 e. The summed E-state index contributed by atoms with van der Waals surface area (Å²) in [4.78, 5) is 21.8. The Morgan fingerprint density at radius 3 is 2.76 bits per heavy atom. The molecule has 5 nitrogen and oxygen atoms in total. The SMILES string of the molecule is Cc1cc2c(=O)n(CCN(C)C)c(C)nc2[nH]1. The maximum atomic E-state index is 12.3. The van der Waals surface area contributed by atoms with Gasteiger partial charge in [0.2, 0.25) is 0 Å². The molecule has 0 fully saturated rings. The lowest BCUT2D eigenvalue weighted by molar-refractivity contribution is 0.378. The second-order valence-corrected chi connectivity index (χ2v) is 4.63. The maximum absolute atomic E-state index is 12.3. The van der Waals surface area contributed by atoms with Crippen LogP contribution >= 0.6 is 0 Å². The Labute approximate surface area is 100 Å². The summed E-state index contributed by atoms with van der Waals surface area (Å²) in [5, 5.41) is 0.673. The van der Waals surface area contributed by atoms with Gasteiger partial charge in [-0.25, -0.2) is 4.98 Å². The first kappa shape index (κ1) is 11.9. The van der Waals surface area contributed by atoms with Crippen molar-refractivity contribution < 1.29 is 0 Å². The first-order valence-corrected chi connectivity index (χ1v) is 5.70. The number of aryl methyl sites for hydroxylation is 2. The minimum atomic E-state index is 0.0405. The van der Waals surface area contributed by atoms with Crippen LogP contribution in [0.2, 0.25) is 0 Å². The van der Waals surface area contributed by atoms with Crippen molar-refractivity contribution in [2.45, 2.75) is 20.4 Å². The highest BCUT2D eigenvalue weighted by atomic mass is 16.1. The number of nitrogens with zero attached hydrogens (tertiary/aromatic N) is 3. The van der Waals surface area contributed by atoms with Crippen LogP contribution in [0.5, 0.6) is 0 Å². The van der Waals surface area contributed by atoms with Crippen molar-refractivity contribution in [2.75, 3.05) is 20.6 Å². The summed E-state index contributed by atoms with van der Waals surface area (Å²) in [5.41, 5.74) is 1.69.